The molecule has 2 heterocycles. The van der Waals surface area contributed by atoms with Crippen LogP contribution in [0.15, 0.2) is 29.4 Å². The standard InChI is InChI=1S/C18H23FN4OS/c1-12(14-7-9-15(19)10-8-14)20-17(24)13(2)25-18-22-21-16-6-4-3-5-11-23(16)18/h7-10,12-13H,3-6,11H2,1-2H3,(H,20,24)/t12-,13-/m0/s1. The monoisotopic (exact) mass is 362 g/mol. The van der Waals surface area contributed by atoms with Crippen molar-refractivity contribution in [1.29, 1.82) is 0 Å². The molecule has 1 aliphatic rings. The second kappa shape index (κ2) is 7.99. The minimum atomic E-state index is -0.279. The van der Waals surface area contributed by atoms with Crippen LogP contribution in [0.3, 0.4) is 0 Å². The van der Waals surface area contributed by atoms with E-state index in [1.165, 1.54) is 30.3 Å². The van der Waals surface area contributed by atoms with E-state index in [9.17, 15) is 9.18 Å². The SMILES string of the molecule is C[C@H](Sc1nnc2n1CCCCC2)C(=O)N[C@@H](C)c1ccc(F)cc1. The molecule has 0 radical (unpaired) electrons. The summed E-state index contributed by atoms with van der Waals surface area (Å²) >= 11 is 1.44. The van der Waals surface area contributed by atoms with Crippen LogP contribution in [0.4, 0.5) is 4.39 Å². The lowest BCUT2D eigenvalue weighted by molar-refractivity contribution is -0.120. The van der Waals surface area contributed by atoms with Crippen molar-refractivity contribution in [2.24, 2.45) is 0 Å². The van der Waals surface area contributed by atoms with E-state index in [0.717, 1.165) is 42.4 Å². The fourth-order valence-corrected chi connectivity index (χ4v) is 3.83. The van der Waals surface area contributed by atoms with Crippen LogP contribution < -0.4 is 5.32 Å². The number of fused-ring (bicyclic) bond motifs is 1. The number of nitrogens with zero attached hydrogens (tertiary/aromatic N) is 3. The summed E-state index contributed by atoms with van der Waals surface area (Å²) in [7, 11) is 0. The van der Waals surface area contributed by atoms with Gasteiger partial charge in [0.05, 0.1) is 11.3 Å². The third-order valence-electron chi connectivity index (χ3n) is 4.46. The molecule has 0 saturated heterocycles. The molecule has 2 atom stereocenters. The van der Waals surface area contributed by atoms with E-state index in [4.69, 9.17) is 0 Å². The van der Waals surface area contributed by atoms with Gasteiger partial charge in [0.15, 0.2) is 5.16 Å². The fraction of sp³-hybridized carbons (Fsp3) is 0.500. The molecule has 0 aliphatic carbocycles. The zero-order chi connectivity index (χ0) is 17.8. The molecule has 1 aromatic heterocycles. The highest BCUT2D eigenvalue weighted by Crippen LogP contribution is 2.26. The van der Waals surface area contributed by atoms with Gasteiger partial charge < -0.3 is 9.88 Å². The summed E-state index contributed by atoms with van der Waals surface area (Å²) in [6, 6.07) is 6.02. The van der Waals surface area contributed by atoms with Crippen LogP contribution in [0.1, 0.15) is 50.5 Å². The summed E-state index contributed by atoms with van der Waals surface area (Å²) in [4.78, 5) is 12.5. The molecule has 134 valence electrons. The maximum Gasteiger partial charge on any atom is 0.233 e. The lowest BCUT2D eigenvalue weighted by Crippen LogP contribution is -2.33. The van der Waals surface area contributed by atoms with E-state index in [2.05, 4.69) is 20.1 Å². The minimum Gasteiger partial charge on any atom is -0.349 e. The Morgan fingerprint density at radius 3 is 2.72 bits per heavy atom. The van der Waals surface area contributed by atoms with E-state index in [1.54, 1.807) is 12.1 Å². The molecule has 1 aliphatic heterocycles. The van der Waals surface area contributed by atoms with Crippen molar-refractivity contribution in [3.63, 3.8) is 0 Å². The molecule has 1 N–H and O–H groups in total. The minimum absolute atomic E-state index is 0.0622. The Morgan fingerprint density at radius 1 is 1.20 bits per heavy atom. The van der Waals surface area contributed by atoms with Gasteiger partial charge in [0.2, 0.25) is 5.91 Å². The Hall–Kier alpha value is -1.89. The Bertz CT molecular complexity index is 731. The van der Waals surface area contributed by atoms with Gasteiger partial charge in [0, 0.05) is 13.0 Å². The first-order valence-corrected chi connectivity index (χ1v) is 9.57. The number of hydrogen-bond donors (Lipinski definition) is 1. The Balaban J connectivity index is 1.61. The zero-order valence-electron chi connectivity index (χ0n) is 14.5. The maximum atomic E-state index is 13.0. The van der Waals surface area contributed by atoms with Gasteiger partial charge in [-0.15, -0.1) is 10.2 Å². The number of nitrogens with one attached hydrogen (secondary N) is 1. The van der Waals surface area contributed by atoms with Crippen molar-refractivity contribution in [2.75, 3.05) is 0 Å². The maximum absolute atomic E-state index is 13.0. The van der Waals surface area contributed by atoms with Crippen LogP contribution in [0.2, 0.25) is 0 Å². The Kier molecular flexibility index (Phi) is 5.73. The third-order valence-corrected chi connectivity index (χ3v) is 5.54. The van der Waals surface area contributed by atoms with Gasteiger partial charge >= 0.3 is 0 Å². The first-order chi connectivity index (χ1) is 12.0. The number of aromatic nitrogens is 3. The second-order valence-electron chi connectivity index (χ2n) is 6.40. The highest BCUT2D eigenvalue weighted by molar-refractivity contribution is 8.00. The molecule has 3 rings (SSSR count). The average Bonchev–Trinajstić information content (AvgIpc) is 2.82. The van der Waals surface area contributed by atoms with Gasteiger partial charge in [-0.05, 0) is 44.4 Å². The van der Waals surface area contributed by atoms with E-state index in [-0.39, 0.29) is 23.0 Å². The van der Waals surface area contributed by atoms with Gasteiger partial charge in [0.1, 0.15) is 11.6 Å². The molecule has 25 heavy (non-hydrogen) atoms. The largest absolute Gasteiger partial charge is 0.349 e. The number of carbonyl (C=O) groups is 1. The molecule has 0 bridgehead atoms. The van der Waals surface area contributed by atoms with Crippen molar-refractivity contribution >= 4 is 17.7 Å². The highest BCUT2D eigenvalue weighted by atomic mass is 32.2. The summed E-state index contributed by atoms with van der Waals surface area (Å²) in [5.41, 5.74) is 0.878. The van der Waals surface area contributed by atoms with Gasteiger partial charge in [-0.3, -0.25) is 4.79 Å². The van der Waals surface area contributed by atoms with E-state index >= 15 is 0 Å². The summed E-state index contributed by atoms with van der Waals surface area (Å²) in [5, 5.41) is 12.1. The Morgan fingerprint density at radius 2 is 1.96 bits per heavy atom. The fourth-order valence-electron chi connectivity index (χ4n) is 2.92. The van der Waals surface area contributed by atoms with Crippen LogP contribution in [-0.4, -0.2) is 25.9 Å². The van der Waals surface area contributed by atoms with Crippen molar-refractivity contribution in [2.45, 2.75) is 62.5 Å². The summed E-state index contributed by atoms with van der Waals surface area (Å²) in [6.07, 6.45) is 4.43. The summed E-state index contributed by atoms with van der Waals surface area (Å²) < 4.78 is 15.2. The van der Waals surface area contributed by atoms with Gasteiger partial charge in [-0.1, -0.05) is 30.3 Å². The first kappa shape index (κ1) is 17.9. The van der Waals surface area contributed by atoms with E-state index in [0.29, 0.717) is 0 Å². The van der Waals surface area contributed by atoms with Gasteiger partial charge in [0.25, 0.3) is 0 Å². The molecule has 1 aromatic carbocycles. The molecule has 7 heteroatoms. The van der Waals surface area contributed by atoms with Crippen molar-refractivity contribution in [1.82, 2.24) is 20.1 Å². The number of aryl methyl sites for hydroxylation is 1. The molecule has 0 fully saturated rings. The number of carbonyl (C=O) groups excluding carboxylic acids is 1. The normalized spacial score (nSPS) is 16.6. The molecule has 0 saturated carbocycles. The third kappa shape index (κ3) is 4.39. The quantitative estimate of drug-likeness (QED) is 0.827. The molecular formula is C18H23FN4OS. The van der Waals surface area contributed by atoms with Crippen LogP contribution in [0.5, 0.6) is 0 Å². The first-order valence-electron chi connectivity index (χ1n) is 8.69. The number of amides is 1. The van der Waals surface area contributed by atoms with Gasteiger partial charge in [-0.2, -0.15) is 0 Å². The molecule has 5 nitrogen and oxygen atoms in total. The second-order valence-corrected chi connectivity index (χ2v) is 7.71. The summed E-state index contributed by atoms with van der Waals surface area (Å²) in [5.74, 6) is 0.679. The number of halogens is 1. The topological polar surface area (TPSA) is 59.8 Å². The van der Waals surface area contributed by atoms with Crippen molar-refractivity contribution < 1.29 is 9.18 Å². The van der Waals surface area contributed by atoms with Crippen LogP contribution in [0.25, 0.3) is 0 Å². The van der Waals surface area contributed by atoms with Crippen LogP contribution in [0, 0.1) is 5.82 Å². The van der Waals surface area contributed by atoms with E-state index in [1.807, 2.05) is 13.8 Å². The van der Waals surface area contributed by atoms with Crippen molar-refractivity contribution in [3.05, 3.63) is 41.5 Å². The number of rotatable bonds is 5. The number of benzene rings is 1. The average molecular weight is 362 g/mol. The predicted octanol–water partition coefficient (Wildman–Crippen LogP) is 3.50. The molecule has 0 unspecified atom stereocenters. The summed E-state index contributed by atoms with van der Waals surface area (Å²) in [6.45, 7) is 4.69. The smallest absolute Gasteiger partial charge is 0.233 e. The lowest BCUT2D eigenvalue weighted by atomic mass is 10.1. The number of hydrogen-bond acceptors (Lipinski definition) is 4. The molecule has 2 aromatic rings. The molecular weight excluding hydrogens is 339 g/mol. The highest BCUT2D eigenvalue weighted by Gasteiger charge is 2.22. The zero-order valence-corrected chi connectivity index (χ0v) is 15.4. The van der Waals surface area contributed by atoms with Crippen LogP contribution >= 0.6 is 11.8 Å². The molecule has 1 amide bonds. The predicted molar refractivity (Wildman–Crippen MR) is 95.9 cm³/mol. The van der Waals surface area contributed by atoms with Crippen LogP contribution in [-0.2, 0) is 17.8 Å². The van der Waals surface area contributed by atoms with Gasteiger partial charge in [-0.25, -0.2) is 4.39 Å². The lowest BCUT2D eigenvalue weighted by Gasteiger charge is -2.18. The van der Waals surface area contributed by atoms with E-state index < -0.39 is 0 Å². The Labute approximate surface area is 151 Å². The molecule has 0 spiro atoms. The number of thioether (sulfide) groups is 1. The van der Waals surface area contributed by atoms with Crippen molar-refractivity contribution in [3.8, 4) is 0 Å².